The van der Waals surface area contributed by atoms with E-state index >= 15 is 0 Å². The van der Waals surface area contributed by atoms with E-state index in [0.29, 0.717) is 11.6 Å². The van der Waals surface area contributed by atoms with Crippen LogP contribution in [0.4, 0.5) is 0 Å². The predicted molar refractivity (Wildman–Crippen MR) is 76.3 cm³/mol. The van der Waals surface area contributed by atoms with Crippen LogP contribution < -0.4 is 4.74 Å². The highest BCUT2D eigenvalue weighted by Gasteiger charge is 2.04. The Balaban J connectivity index is 2.00. The molecule has 0 aliphatic heterocycles. The van der Waals surface area contributed by atoms with Crippen molar-refractivity contribution in [2.24, 2.45) is 0 Å². The van der Waals surface area contributed by atoms with Crippen molar-refractivity contribution in [3.63, 3.8) is 0 Å². The summed E-state index contributed by atoms with van der Waals surface area (Å²) in [5.74, 6) is 0.0847. The summed E-state index contributed by atoms with van der Waals surface area (Å²) in [6.45, 7) is 2.17. The van der Waals surface area contributed by atoms with Crippen LogP contribution in [0.1, 0.15) is 35.7 Å². The fourth-order valence-corrected chi connectivity index (χ4v) is 1.79. The number of aryl methyl sites for hydroxylation is 1. The highest BCUT2D eigenvalue weighted by molar-refractivity contribution is 5.87. The second-order valence-electron chi connectivity index (χ2n) is 4.54. The molecule has 1 N–H and O–H groups in total. The second kappa shape index (κ2) is 6.70. The van der Waals surface area contributed by atoms with Crippen LogP contribution in [0.25, 0.3) is 0 Å². The Bertz CT molecular complexity index is 561. The van der Waals surface area contributed by atoms with Gasteiger partial charge in [0.05, 0.1) is 5.56 Å². The largest absolute Gasteiger partial charge is 0.478 e. The van der Waals surface area contributed by atoms with Gasteiger partial charge < -0.3 is 9.84 Å². The van der Waals surface area contributed by atoms with Gasteiger partial charge in [-0.15, -0.1) is 0 Å². The maximum Gasteiger partial charge on any atom is 0.337 e. The summed E-state index contributed by atoms with van der Waals surface area (Å²) >= 11 is 0. The summed E-state index contributed by atoms with van der Waals surface area (Å²) in [5.41, 5.74) is 1.43. The standard InChI is InChI=1S/C16H17NO3/c1-2-3-4-12-5-8-14(9-6-12)20-15-10-7-13(11-17-15)16(18)19/h5-11H,2-4H2,1H3,(H,18,19). The Labute approximate surface area is 118 Å². The monoisotopic (exact) mass is 271 g/mol. The van der Waals surface area contributed by atoms with Gasteiger partial charge in [-0.25, -0.2) is 9.78 Å². The molecule has 104 valence electrons. The molecule has 4 nitrogen and oxygen atoms in total. The number of ether oxygens (including phenoxy) is 1. The van der Waals surface area contributed by atoms with E-state index in [1.807, 2.05) is 24.3 Å². The molecule has 0 saturated carbocycles. The molecule has 0 amide bonds. The van der Waals surface area contributed by atoms with Gasteiger partial charge in [0.15, 0.2) is 0 Å². The third kappa shape index (κ3) is 3.82. The molecule has 0 aliphatic carbocycles. The molecular formula is C16H17NO3. The fourth-order valence-electron chi connectivity index (χ4n) is 1.79. The zero-order valence-corrected chi connectivity index (χ0v) is 11.4. The average Bonchev–Trinajstić information content (AvgIpc) is 2.47. The number of unbranched alkanes of at least 4 members (excludes halogenated alkanes) is 1. The topological polar surface area (TPSA) is 59.4 Å². The van der Waals surface area contributed by atoms with Crippen molar-refractivity contribution in [3.8, 4) is 11.6 Å². The normalized spacial score (nSPS) is 10.2. The van der Waals surface area contributed by atoms with Gasteiger partial charge >= 0.3 is 5.97 Å². The first kappa shape index (κ1) is 14.1. The number of carboxylic acid groups (broad SMARTS) is 1. The number of rotatable bonds is 6. The van der Waals surface area contributed by atoms with Gasteiger partial charge in [0.1, 0.15) is 5.75 Å². The molecule has 0 fully saturated rings. The van der Waals surface area contributed by atoms with Crippen molar-refractivity contribution in [2.75, 3.05) is 0 Å². The first-order valence-corrected chi connectivity index (χ1v) is 6.65. The lowest BCUT2D eigenvalue weighted by atomic mass is 10.1. The summed E-state index contributed by atoms with van der Waals surface area (Å²) in [4.78, 5) is 14.7. The maximum absolute atomic E-state index is 10.7. The van der Waals surface area contributed by atoms with Crippen molar-refractivity contribution in [3.05, 3.63) is 53.7 Å². The summed E-state index contributed by atoms with van der Waals surface area (Å²) in [5, 5.41) is 8.79. The second-order valence-corrected chi connectivity index (χ2v) is 4.54. The number of pyridine rings is 1. The lowest BCUT2D eigenvalue weighted by Gasteiger charge is -2.06. The van der Waals surface area contributed by atoms with E-state index in [4.69, 9.17) is 9.84 Å². The summed E-state index contributed by atoms with van der Waals surface area (Å²) in [6.07, 6.45) is 4.71. The predicted octanol–water partition coefficient (Wildman–Crippen LogP) is 3.91. The van der Waals surface area contributed by atoms with Crippen LogP contribution in [0.2, 0.25) is 0 Å². The van der Waals surface area contributed by atoms with E-state index in [0.717, 1.165) is 6.42 Å². The average molecular weight is 271 g/mol. The summed E-state index contributed by atoms with van der Waals surface area (Å²) in [6, 6.07) is 10.9. The van der Waals surface area contributed by atoms with Crippen LogP contribution in [0, 0.1) is 0 Å². The third-order valence-electron chi connectivity index (χ3n) is 2.95. The SMILES string of the molecule is CCCCc1ccc(Oc2ccc(C(=O)O)cn2)cc1. The molecule has 1 heterocycles. The number of aromatic nitrogens is 1. The molecular weight excluding hydrogens is 254 g/mol. The molecule has 20 heavy (non-hydrogen) atoms. The number of hydrogen-bond acceptors (Lipinski definition) is 3. The maximum atomic E-state index is 10.7. The van der Waals surface area contributed by atoms with Crippen LogP contribution in [0.15, 0.2) is 42.6 Å². The van der Waals surface area contributed by atoms with Gasteiger partial charge in [0, 0.05) is 12.3 Å². The van der Waals surface area contributed by atoms with Crippen LogP contribution in [-0.4, -0.2) is 16.1 Å². The van der Waals surface area contributed by atoms with Crippen molar-refractivity contribution in [1.82, 2.24) is 4.98 Å². The Kier molecular flexibility index (Phi) is 4.71. The van der Waals surface area contributed by atoms with E-state index in [1.54, 1.807) is 6.07 Å². The quantitative estimate of drug-likeness (QED) is 0.865. The fraction of sp³-hybridized carbons (Fsp3) is 0.250. The number of carboxylic acids is 1. The Morgan fingerprint density at radius 2 is 1.95 bits per heavy atom. The van der Waals surface area contributed by atoms with Crippen molar-refractivity contribution in [2.45, 2.75) is 26.2 Å². The number of aromatic carboxylic acids is 1. The van der Waals surface area contributed by atoms with E-state index < -0.39 is 5.97 Å². The van der Waals surface area contributed by atoms with Gasteiger partial charge in [-0.1, -0.05) is 25.5 Å². The molecule has 0 aliphatic rings. The molecule has 0 unspecified atom stereocenters. The number of carbonyl (C=O) groups is 1. The molecule has 0 atom stereocenters. The van der Waals surface area contributed by atoms with Crippen LogP contribution in [-0.2, 0) is 6.42 Å². The van der Waals surface area contributed by atoms with Crippen LogP contribution in [0.3, 0.4) is 0 Å². The van der Waals surface area contributed by atoms with Crippen molar-refractivity contribution >= 4 is 5.97 Å². The van der Waals surface area contributed by atoms with E-state index in [2.05, 4.69) is 11.9 Å². The number of benzene rings is 1. The number of nitrogens with zero attached hydrogens (tertiary/aromatic N) is 1. The Morgan fingerprint density at radius 1 is 1.20 bits per heavy atom. The van der Waals surface area contributed by atoms with E-state index in [9.17, 15) is 4.79 Å². The molecule has 2 aromatic rings. The third-order valence-corrected chi connectivity index (χ3v) is 2.95. The van der Waals surface area contributed by atoms with E-state index in [-0.39, 0.29) is 5.56 Å². The molecule has 0 saturated heterocycles. The zero-order chi connectivity index (χ0) is 14.4. The minimum absolute atomic E-state index is 0.146. The Morgan fingerprint density at radius 3 is 2.50 bits per heavy atom. The molecule has 0 bridgehead atoms. The van der Waals surface area contributed by atoms with Gasteiger partial charge in [0.2, 0.25) is 5.88 Å². The van der Waals surface area contributed by atoms with Gasteiger partial charge in [-0.05, 0) is 36.6 Å². The minimum atomic E-state index is -0.996. The lowest BCUT2D eigenvalue weighted by molar-refractivity contribution is 0.0696. The molecule has 1 aromatic carbocycles. The van der Waals surface area contributed by atoms with E-state index in [1.165, 1.54) is 30.7 Å². The first-order chi connectivity index (χ1) is 9.69. The Hall–Kier alpha value is -2.36. The van der Waals surface area contributed by atoms with Gasteiger partial charge in [0.25, 0.3) is 0 Å². The van der Waals surface area contributed by atoms with Crippen molar-refractivity contribution < 1.29 is 14.6 Å². The summed E-state index contributed by atoms with van der Waals surface area (Å²) < 4.78 is 5.57. The van der Waals surface area contributed by atoms with Crippen molar-refractivity contribution in [1.29, 1.82) is 0 Å². The smallest absolute Gasteiger partial charge is 0.337 e. The molecule has 2 rings (SSSR count). The van der Waals surface area contributed by atoms with Crippen LogP contribution >= 0.6 is 0 Å². The molecule has 0 radical (unpaired) electrons. The van der Waals surface area contributed by atoms with Gasteiger partial charge in [-0.2, -0.15) is 0 Å². The lowest BCUT2D eigenvalue weighted by Crippen LogP contribution is -1.97. The first-order valence-electron chi connectivity index (χ1n) is 6.65. The summed E-state index contributed by atoms with van der Waals surface area (Å²) in [7, 11) is 0. The molecule has 0 spiro atoms. The van der Waals surface area contributed by atoms with Crippen LogP contribution in [0.5, 0.6) is 11.6 Å². The zero-order valence-electron chi connectivity index (χ0n) is 11.4. The molecule has 1 aromatic heterocycles. The minimum Gasteiger partial charge on any atom is -0.478 e. The highest BCUT2D eigenvalue weighted by atomic mass is 16.5. The van der Waals surface area contributed by atoms with Gasteiger partial charge in [-0.3, -0.25) is 0 Å². The molecule has 4 heteroatoms. The highest BCUT2D eigenvalue weighted by Crippen LogP contribution is 2.20. The number of hydrogen-bond donors (Lipinski definition) is 1.